The standard InChI is InChI=1S/C16H18O/c1-11-12-5-4-6-13(12)14(17)16(7-2-3-8-16)15(11)9-10-15/h4-6H,2-3,7-10H2,1H3. The minimum Gasteiger partial charge on any atom is -0.294 e. The average Bonchev–Trinajstić information content (AvgIpc) is 2.83. The van der Waals surface area contributed by atoms with Crippen LogP contribution in [0.15, 0.2) is 34.9 Å². The van der Waals surface area contributed by atoms with Gasteiger partial charge in [-0.2, -0.15) is 0 Å². The van der Waals surface area contributed by atoms with E-state index in [-0.39, 0.29) is 10.8 Å². The summed E-state index contributed by atoms with van der Waals surface area (Å²) >= 11 is 0. The van der Waals surface area contributed by atoms with Crippen LogP contribution in [-0.4, -0.2) is 5.78 Å². The number of fused-ring (bicyclic) bond motifs is 2. The first-order chi connectivity index (χ1) is 8.21. The highest BCUT2D eigenvalue weighted by molar-refractivity contribution is 6.08. The Labute approximate surface area is 102 Å². The Bertz CT molecular complexity index is 506. The highest BCUT2D eigenvalue weighted by atomic mass is 16.1. The molecule has 0 aromatic carbocycles. The van der Waals surface area contributed by atoms with Gasteiger partial charge in [0.1, 0.15) is 0 Å². The Kier molecular flexibility index (Phi) is 1.64. The molecule has 0 saturated heterocycles. The topological polar surface area (TPSA) is 17.1 Å². The zero-order valence-corrected chi connectivity index (χ0v) is 10.4. The number of carbonyl (C=O) groups excluding carboxylic acids is 1. The van der Waals surface area contributed by atoms with Crippen molar-refractivity contribution in [3.8, 4) is 0 Å². The molecule has 88 valence electrons. The zero-order valence-electron chi connectivity index (χ0n) is 10.4. The Hall–Kier alpha value is -1.11. The van der Waals surface area contributed by atoms with Crippen molar-refractivity contribution >= 4 is 5.78 Å². The van der Waals surface area contributed by atoms with Crippen LogP contribution in [0, 0.1) is 10.8 Å². The van der Waals surface area contributed by atoms with Crippen LogP contribution in [0.2, 0.25) is 0 Å². The molecule has 1 nitrogen and oxygen atoms in total. The Morgan fingerprint density at radius 3 is 2.41 bits per heavy atom. The fourth-order valence-electron chi connectivity index (χ4n) is 4.70. The number of carbonyl (C=O) groups is 1. The molecule has 0 heterocycles. The third kappa shape index (κ3) is 0.919. The van der Waals surface area contributed by atoms with E-state index in [2.05, 4.69) is 19.1 Å². The quantitative estimate of drug-likeness (QED) is 0.615. The van der Waals surface area contributed by atoms with E-state index in [0.29, 0.717) is 5.78 Å². The van der Waals surface area contributed by atoms with Gasteiger partial charge in [-0.25, -0.2) is 0 Å². The monoisotopic (exact) mass is 226 g/mol. The van der Waals surface area contributed by atoms with E-state index >= 15 is 0 Å². The van der Waals surface area contributed by atoms with E-state index in [9.17, 15) is 4.79 Å². The third-order valence-electron chi connectivity index (χ3n) is 5.74. The summed E-state index contributed by atoms with van der Waals surface area (Å²) in [4.78, 5) is 12.9. The van der Waals surface area contributed by atoms with Crippen molar-refractivity contribution in [2.75, 3.05) is 0 Å². The van der Waals surface area contributed by atoms with Gasteiger partial charge in [-0.3, -0.25) is 4.79 Å². The Morgan fingerprint density at radius 2 is 1.76 bits per heavy atom. The van der Waals surface area contributed by atoms with Crippen LogP contribution >= 0.6 is 0 Å². The molecule has 0 unspecified atom stereocenters. The van der Waals surface area contributed by atoms with Crippen LogP contribution < -0.4 is 0 Å². The smallest absolute Gasteiger partial charge is 0.170 e. The van der Waals surface area contributed by atoms with Crippen molar-refractivity contribution in [3.05, 3.63) is 34.9 Å². The molecule has 2 fully saturated rings. The molecule has 0 aliphatic heterocycles. The average molecular weight is 226 g/mol. The summed E-state index contributed by atoms with van der Waals surface area (Å²) < 4.78 is 0. The molecule has 0 radical (unpaired) electrons. The molecule has 4 rings (SSSR count). The summed E-state index contributed by atoms with van der Waals surface area (Å²) in [7, 11) is 0. The lowest BCUT2D eigenvalue weighted by atomic mass is 9.59. The SMILES string of the molecule is CC1=C2C=CC=C2C(=O)C2(CCCC2)C12CC2. The van der Waals surface area contributed by atoms with Crippen molar-refractivity contribution in [1.29, 1.82) is 0 Å². The van der Waals surface area contributed by atoms with Gasteiger partial charge in [0, 0.05) is 16.4 Å². The van der Waals surface area contributed by atoms with Crippen molar-refractivity contribution in [2.24, 2.45) is 10.8 Å². The van der Waals surface area contributed by atoms with Gasteiger partial charge in [0.15, 0.2) is 5.78 Å². The maximum atomic E-state index is 12.9. The molecule has 4 aliphatic rings. The van der Waals surface area contributed by atoms with Crippen molar-refractivity contribution in [1.82, 2.24) is 0 Å². The minimum absolute atomic E-state index is 0.00155. The summed E-state index contributed by atoms with van der Waals surface area (Å²) in [6.07, 6.45) is 13.5. The molecule has 4 aliphatic carbocycles. The van der Waals surface area contributed by atoms with E-state index in [1.54, 1.807) is 0 Å². The first-order valence-electron chi connectivity index (χ1n) is 6.86. The largest absolute Gasteiger partial charge is 0.294 e. The molecule has 0 bridgehead atoms. The number of Topliss-reactive ketones (excluding diaryl/α,β-unsaturated/α-hetero) is 1. The Morgan fingerprint density at radius 1 is 1.06 bits per heavy atom. The molecular weight excluding hydrogens is 208 g/mol. The van der Waals surface area contributed by atoms with Gasteiger partial charge in [-0.1, -0.05) is 36.6 Å². The molecule has 2 spiro atoms. The van der Waals surface area contributed by atoms with Crippen LogP contribution in [0.4, 0.5) is 0 Å². The minimum atomic E-state index is -0.00155. The van der Waals surface area contributed by atoms with Crippen LogP contribution in [0.1, 0.15) is 45.4 Å². The van der Waals surface area contributed by atoms with Gasteiger partial charge in [-0.05, 0) is 38.2 Å². The van der Waals surface area contributed by atoms with Crippen LogP contribution in [0.3, 0.4) is 0 Å². The summed E-state index contributed by atoms with van der Waals surface area (Å²) in [5.74, 6) is 0.470. The molecule has 1 heteroatoms. The van der Waals surface area contributed by atoms with Crippen LogP contribution in [0.25, 0.3) is 0 Å². The van der Waals surface area contributed by atoms with Crippen molar-refractivity contribution < 1.29 is 4.79 Å². The van der Waals surface area contributed by atoms with Crippen molar-refractivity contribution in [2.45, 2.75) is 45.4 Å². The zero-order chi connectivity index (χ0) is 11.7. The molecule has 2 saturated carbocycles. The second-order valence-corrected chi connectivity index (χ2v) is 6.18. The lowest BCUT2D eigenvalue weighted by molar-refractivity contribution is -0.128. The first-order valence-corrected chi connectivity index (χ1v) is 6.86. The Balaban J connectivity index is 1.98. The second-order valence-electron chi connectivity index (χ2n) is 6.18. The molecule has 0 N–H and O–H groups in total. The lowest BCUT2D eigenvalue weighted by Gasteiger charge is -2.42. The number of hydrogen-bond acceptors (Lipinski definition) is 1. The van der Waals surface area contributed by atoms with E-state index in [0.717, 1.165) is 18.4 Å². The highest BCUT2D eigenvalue weighted by Gasteiger charge is 2.66. The van der Waals surface area contributed by atoms with Crippen LogP contribution in [-0.2, 0) is 4.79 Å². The van der Waals surface area contributed by atoms with E-state index in [1.807, 2.05) is 6.08 Å². The van der Waals surface area contributed by atoms with Crippen molar-refractivity contribution in [3.63, 3.8) is 0 Å². The molecule has 0 amide bonds. The predicted molar refractivity (Wildman–Crippen MR) is 67.5 cm³/mol. The second kappa shape index (κ2) is 2.82. The number of ketones is 1. The fraction of sp³-hybridized carbons (Fsp3) is 0.562. The van der Waals surface area contributed by atoms with Gasteiger partial charge in [0.05, 0.1) is 0 Å². The predicted octanol–water partition coefficient (Wildman–Crippen LogP) is 3.72. The summed E-state index contributed by atoms with van der Waals surface area (Å²) in [6.45, 7) is 2.28. The number of rotatable bonds is 0. The summed E-state index contributed by atoms with van der Waals surface area (Å²) in [5.41, 5.74) is 4.05. The van der Waals surface area contributed by atoms with E-state index in [1.165, 1.54) is 36.8 Å². The molecule has 0 aromatic heterocycles. The first kappa shape index (κ1) is 9.87. The molecule has 0 aromatic rings. The number of hydrogen-bond donors (Lipinski definition) is 0. The summed E-state index contributed by atoms with van der Waals surface area (Å²) in [6, 6.07) is 0. The van der Waals surface area contributed by atoms with E-state index in [4.69, 9.17) is 0 Å². The highest BCUT2D eigenvalue weighted by Crippen LogP contribution is 2.72. The van der Waals surface area contributed by atoms with Crippen LogP contribution in [0.5, 0.6) is 0 Å². The van der Waals surface area contributed by atoms with Gasteiger partial charge in [0.2, 0.25) is 0 Å². The van der Waals surface area contributed by atoms with Gasteiger partial charge in [-0.15, -0.1) is 0 Å². The van der Waals surface area contributed by atoms with Gasteiger partial charge in [0.25, 0.3) is 0 Å². The normalized spacial score (nSPS) is 31.4. The number of allylic oxidation sites excluding steroid dienone is 6. The fourth-order valence-corrected chi connectivity index (χ4v) is 4.70. The molecule has 0 atom stereocenters. The third-order valence-corrected chi connectivity index (χ3v) is 5.74. The van der Waals surface area contributed by atoms with Gasteiger partial charge < -0.3 is 0 Å². The lowest BCUT2D eigenvalue weighted by Crippen LogP contribution is -2.43. The molecule has 17 heavy (non-hydrogen) atoms. The summed E-state index contributed by atoms with van der Waals surface area (Å²) in [5, 5.41) is 0. The van der Waals surface area contributed by atoms with E-state index < -0.39 is 0 Å². The maximum Gasteiger partial charge on any atom is 0.170 e. The molecular formula is C16H18O. The van der Waals surface area contributed by atoms with Gasteiger partial charge >= 0.3 is 0 Å². The maximum absolute atomic E-state index is 12.9.